The van der Waals surface area contributed by atoms with Crippen molar-refractivity contribution in [3.05, 3.63) is 11.6 Å². The highest BCUT2D eigenvalue weighted by atomic mass is 16.6. The molecule has 4 N–H and O–H groups in total. The van der Waals surface area contributed by atoms with E-state index in [2.05, 4.69) is 0 Å². The molecule has 2 unspecified atom stereocenters. The number of esters is 1. The lowest BCUT2D eigenvalue weighted by molar-refractivity contribution is -0.348. The maximum Gasteiger partial charge on any atom is 0.303 e. The van der Waals surface area contributed by atoms with Crippen molar-refractivity contribution in [1.82, 2.24) is 0 Å². The number of hydrogen-bond donors (Lipinski definition) is 4. The molecule has 0 aromatic carbocycles. The van der Waals surface area contributed by atoms with Crippen LogP contribution in [0, 0.1) is 22.7 Å². The molecule has 3 aliphatic rings. The fraction of sp³-hybridized carbons (Fsp3) is 0.833. The highest BCUT2D eigenvalue weighted by Crippen LogP contribution is 2.61. The van der Waals surface area contributed by atoms with E-state index >= 15 is 0 Å². The molecule has 0 spiro atoms. The van der Waals surface area contributed by atoms with Crippen LogP contribution >= 0.6 is 0 Å². The molecule has 0 radical (unpaired) electrons. The molecule has 3 rings (SSSR count). The second-order valence-electron chi connectivity index (χ2n) is 11.1. The summed E-state index contributed by atoms with van der Waals surface area (Å²) >= 11 is 0. The number of fused-ring (bicyclic) bond motifs is 1. The van der Waals surface area contributed by atoms with Crippen LogP contribution in [-0.2, 0) is 19.1 Å². The summed E-state index contributed by atoms with van der Waals surface area (Å²) in [6.45, 7) is 11.3. The molecule has 0 aromatic heterocycles. The Kier molecular flexibility index (Phi) is 6.23. The lowest BCUT2D eigenvalue weighted by Gasteiger charge is -2.66. The Labute approximate surface area is 189 Å². The highest BCUT2D eigenvalue weighted by Gasteiger charge is 2.72. The van der Waals surface area contributed by atoms with Crippen molar-refractivity contribution in [2.24, 2.45) is 22.7 Å². The number of aliphatic hydroxyl groups is 4. The number of hydrogen-bond acceptors (Lipinski definition) is 8. The van der Waals surface area contributed by atoms with E-state index in [1.54, 1.807) is 33.8 Å². The van der Waals surface area contributed by atoms with E-state index in [-0.39, 0.29) is 18.9 Å². The van der Waals surface area contributed by atoms with Gasteiger partial charge < -0.3 is 29.9 Å². The summed E-state index contributed by atoms with van der Waals surface area (Å²) < 4.78 is 11.4. The van der Waals surface area contributed by atoms with Crippen LogP contribution in [0.3, 0.4) is 0 Å². The molecule has 1 heterocycles. The largest absolute Gasteiger partial charge is 0.459 e. The Balaban J connectivity index is 2.26. The SMILES string of the molecule is CC(=O)OC(C1[C@](C)([C@H](O)C(C)=O)[C@@H](C)C[C@H]2OC[C@@]12O)[C@]1(O)C[C@H](O)C(C)=CC1(C)C. The predicted octanol–water partition coefficient (Wildman–Crippen LogP) is 1.13. The number of Topliss-reactive ketones (excluding diaryl/α,β-unsaturated/α-hetero) is 1. The Bertz CT molecular complexity index is 821. The van der Waals surface area contributed by atoms with Crippen molar-refractivity contribution >= 4 is 11.8 Å². The van der Waals surface area contributed by atoms with E-state index in [1.165, 1.54) is 13.8 Å². The van der Waals surface area contributed by atoms with Gasteiger partial charge in [-0.1, -0.05) is 33.8 Å². The Hall–Kier alpha value is -1.32. The zero-order valence-electron chi connectivity index (χ0n) is 20.1. The average Bonchev–Trinajstić information content (AvgIpc) is 2.66. The van der Waals surface area contributed by atoms with Crippen molar-refractivity contribution < 1.29 is 39.5 Å². The van der Waals surface area contributed by atoms with Gasteiger partial charge in [0.25, 0.3) is 0 Å². The van der Waals surface area contributed by atoms with Gasteiger partial charge in [0, 0.05) is 30.1 Å². The maximum absolute atomic E-state index is 12.4. The fourth-order valence-electron chi connectivity index (χ4n) is 6.43. The monoisotopic (exact) mass is 454 g/mol. The molecule has 32 heavy (non-hydrogen) atoms. The number of aliphatic hydroxyl groups excluding tert-OH is 2. The van der Waals surface area contributed by atoms with Crippen molar-refractivity contribution in [2.45, 2.75) is 96.9 Å². The third-order valence-corrected chi connectivity index (χ3v) is 8.69. The van der Waals surface area contributed by atoms with Gasteiger partial charge in [-0.15, -0.1) is 0 Å². The number of carbonyl (C=O) groups excluding carboxylic acids is 2. The van der Waals surface area contributed by atoms with Crippen molar-refractivity contribution in [2.75, 3.05) is 6.61 Å². The summed E-state index contributed by atoms with van der Waals surface area (Å²) in [6.07, 6.45) is -2.29. The lowest BCUT2D eigenvalue weighted by atomic mass is 9.46. The van der Waals surface area contributed by atoms with Crippen LogP contribution in [0.25, 0.3) is 0 Å². The smallest absolute Gasteiger partial charge is 0.303 e. The van der Waals surface area contributed by atoms with E-state index in [0.29, 0.717) is 12.0 Å². The molecule has 2 aliphatic carbocycles. The Morgan fingerprint density at radius 3 is 2.28 bits per heavy atom. The van der Waals surface area contributed by atoms with E-state index < -0.39 is 64.1 Å². The van der Waals surface area contributed by atoms with E-state index in [9.17, 15) is 30.0 Å². The van der Waals surface area contributed by atoms with Gasteiger partial charge in [-0.2, -0.15) is 0 Å². The molecule has 0 aromatic rings. The van der Waals surface area contributed by atoms with E-state index in [4.69, 9.17) is 9.47 Å². The van der Waals surface area contributed by atoms with Gasteiger partial charge in [0.05, 0.1) is 18.8 Å². The van der Waals surface area contributed by atoms with E-state index in [1.807, 2.05) is 6.92 Å². The van der Waals surface area contributed by atoms with Gasteiger partial charge in [0.1, 0.15) is 23.4 Å². The normalized spacial score (nSPS) is 45.0. The third kappa shape index (κ3) is 3.46. The van der Waals surface area contributed by atoms with Gasteiger partial charge in [0.15, 0.2) is 5.78 Å². The quantitative estimate of drug-likeness (QED) is 0.359. The number of ether oxygens (including phenoxy) is 2. The number of carbonyl (C=O) groups is 2. The molecule has 2 fully saturated rings. The van der Waals surface area contributed by atoms with Crippen LogP contribution in [0.4, 0.5) is 0 Å². The zero-order valence-corrected chi connectivity index (χ0v) is 20.1. The van der Waals surface area contributed by atoms with E-state index in [0.717, 1.165) is 0 Å². The van der Waals surface area contributed by atoms with Crippen molar-refractivity contribution in [1.29, 1.82) is 0 Å². The first kappa shape index (κ1) is 25.3. The molecule has 9 atom stereocenters. The van der Waals surface area contributed by atoms with Gasteiger partial charge in [-0.05, 0) is 31.8 Å². The zero-order chi connectivity index (χ0) is 24.4. The molecule has 0 amide bonds. The maximum atomic E-state index is 12.4. The Morgan fingerprint density at radius 2 is 1.81 bits per heavy atom. The minimum Gasteiger partial charge on any atom is -0.459 e. The summed E-state index contributed by atoms with van der Waals surface area (Å²) in [4.78, 5) is 24.7. The first-order valence-electron chi connectivity index (χ1n) is 11.3. The van der Waals surface area contributed by atoms with Crippen molar-refractivity contribution in [3.63, 3.8) is 0 Å². The standard InChI is InChI=1S/C24H38O8/c1-12-9-21(5,6)24(30,10-16(12)27)20(32-15(4)26)18-22(7,19(28)14(3)25)13(2)8-17-23(18,29)11-31-17/h9,13,16-20,27-30H,8,10-11H2,1-7H3/t13-,16-,17+,18?,19+,20?,22+,23-,24+/m0/s1. The lowest BCUT2D eigenvalue weighted by Crippen LogP contribution is -2.78. The fourth-order valence-corrected chi connectivity index (χ4v) is 6.43. The van der Waals surface area contributed by atoms with Crippen LogP contribution < -0.4 is 0 Å². The highest BCUT2D eigenvalue weighted by molar-refractivity contribution is 5.81. The molecular weight excluding hydrogens is 416 g/mol. The molecule has 1 aliphatic heterocycles. The summed E-state index contributed by atoms with van der Waals surface area (Å²) in [5, 5.41) is 45.6. The van der Waals surface area contributed by atoms with Crippen LogP contribution in [0.5, 0.6) is 0 Å². The minimum absolute atomic E-state index is 0.0685. The van der Waals surface area contributed by atoms with Gasteiger partial charge >= 0.3 is 5.97 Å². The molecule has 1 saturated carbocycles. The molecule has 182 valence electrons. The third-order valence-electron chi connectivity index (χ3n) is 8.69. The van der Waals surface area contributed by atoms with Gasteiger partial charge in [-0.3, -0.25) is 9.59 Å². The summed E-state index contributed by atoms with van der Waals surface area (Å²) in [5.74, 6) is -2.46. The molecule has 8 heteroatoms. The number of ketones is 1. The van der Waals surface area contributed by atoms with Gasteiger partial charge in [0.2, 0.25) is 0 Å². The first-order chi connectivity index (χ1) is 14.5. The summed E-state index contributed by atoms with van der Waals surface area (Å²) in [5.41, 5.74) is -4.80. The van der Waals surface area contributed by atoms with Crippen LogP contribution in [-0.4, -0.2) is 74.4 Å². The van der Waals surface area contributed by atoms with Crippen LogP contribution in [0.15, 0.2) is 11.6 Å². The second kappa shape index (κ2) is 7.87. The predicted molar refractivity (Wildman–Crippen MR) is 115 cm³/mol. The first-order valence-corrected chi connectivity index (χ1v) is 11.3. The van der Waals surface area contributed by atoms with Crippen molar-refractivity contribution in [3.8, 4) is 0 Å². The molecule has 1 saturated heterocycles. The minimum atomic E-state index is -1.78. The molecular formula is C24H38O8. The summed E-state index contributed by atoms with van der Waals surface area (Å²) in [6, 6.07) is 0. The van der Waals surface area contributed by atoms with Crippen LogP contribution in [0.2, 0.25) is 0 Å². The second-order valence-corrected chi connectivity index (χ2v) is 11.1. The topological polar surface area (TPSA) is 134 Å². The Morgan fingerprint density at radius 1 is 1.22 bits per heavy atom. The molecule has 0 bridgehead atoms. The average molecular weight is 455 g/mol. The number of rotatable bonds is 5. The van der Waals surface area contributed by atoms with Gasteiger partial charge in [-0.25, -0.2) is 0 Å². The summed E-state index contributed by atoms with van der Waals surface area (Å²) in [7, 11) is 0. The van der Waals surface area contributed by atoms with Crippen LogP contribution in [0.1, 0.15) is 61.3 Å². The molecule has 8 nitrogen and oxygen atoms in total.